The lowest BCUT2D eigenvalue weighted by Gasteiger charge is -2.22. The molecule has 2 rings (SSSR count). The van der Waals surface area contributed by atoms with Gasteiger partial charge in [-0.1, -0.05) is 42.5 Å². The number of nitrogens with zero attached hydrogens (tertiary/aromatic N) is 3. The van der Waals surface area contributed by atoms with Crippen molar-refractivity contribution in [1.29, 1.82) is 0 Å². The second-order valence-corrected chi connectivity index (χ2v) is 5.83. The van der Waals surface area contributed by atoms with E-state index in [-0.39, 0.29) is 24.0 Å². The van der Waals surface area contributed by atoms with Crippen LogP contribution in [0.3, 0.4) is 0 Å². The maximum atomic E-state index is 5.87. The van der Waals surface area contributed by atoms with Gasteiger partial charge in [-0.25, -0.2) is 4.99 Å². The Balaban J connectivity index is 0.00000288. The summed E-state index contributed by atoms with van der Waals surface area (Å²) >= 11 is 0. The zero-order valence-corrected chi connectivity index (χ0v) is 17.1. The first-order valence-electron chi connectivity index (χ1n) is 7.71. The fraction of sp³-hybridized carbons (Fsp3) is 0.316. The van der Waals surface area contributed by atoms with Crippen molar-refractivity contribution in [1.82, 2.24) is 9.80 Å². The highest BCUT2D eigenvalue weighted by molar-refractivity contribution is 14.0. The van der Waals surface area contributed by atoms with Crippen molar-refractivity contribution in [2.45, 2.75) is 13.2 Å². The molecule has 2 aromatic rings. The fourth-order valence-corrected chi connectivity index (χ4v) is 2.32. The molecular weight excluding hydrogens is 413 g/mol. The Labute approximate surface area is 162 Å². The molecule has 0 aromatic heterocycles. The van der Waals surface area contributed by atoms with E-state index in [0.29, 0.717) is 13.2 Å². The Kier molecular flexibility index (Phi) is 8.60. The van der Waals surface area contributed by atoms with E-state index in [4.69, 9.17) is 4.74 Å². The minimum Gasteiger partial charge on any atom is -0.489 e. The van der Waals surface area contributed by atoms with Crippen LogP contribution in [0.2, 0.25) is 0 Å². The van der Waals surface area contributed by atoms with Gasteiger partial charge in [0.2, 0.25) is 0 Å². The van der Waals surface area contributed by atoms with Gasteiger partial charge in [-0.15, -0.1) is 24.0 Å². The van der Waals surface area contributed by atoms with E-state index in [9.17, 15) is 0 Å². The van der Waals surface area contributed by atoms with Gasteiger partial charge in [-0.2, -0.15) is 0 Å². The van der Waals surface area contributed by atoms with Crippen molar-refractivity contribution in [3.8, 4) is 5.75 Å². The molecule has 0 atom stereocenters. The summed E-state index contributed by atoms with van der Waals surface area (Å²) in [6, 6.07) is 18.3. The van der Waals surface area contributed by atoms with Gasteiger partial charge in [0, 0.05) is 28.2 Å². The van der Waals surface area contributed by atoms with E-state index < -0.39 is 0 Å². The molecule has 24 heavy (non-hydrogen) atoms. The summed E-state index contributed by atoms with van der Waals surface area (Å²) in [5.74, 6) is 1.82. The molecule has 0 aliphatic rings. The lowest BCUT2D eigenvalue weighted by molar-refractivity contribution is 0.306. The van der Waals surface area contributed by atoms with Crippen LogP contribution in [0.25, 0.3) is 0 Å². The van der Waals surface area contributed by atoms with Crippen LogP contribution in [0.5, 0.6) is 5.75 Å². The fourth-order valence-electron chi connectivity index (χ4n) is 2.32. The van der Waals surface area contributed by atoms with Crippen LogP contribution in [0.15, 0.2) is 59.6 Å². The minimum absolute atomic E-state index is 0. The Morgan fingerprint density at radius 3 is 2.12 bits per heavy atom. The van der Waals surface area contributed by atoms with Gasteiger partial charge in [0.15, 0.2) is 5.96 Å². The second kappa shape index (κ2) is 10.2. The largest absolute Gasteiger partial charge is 0.489 e. The van der Waals surface area contributed by atoms with Crippen LogP contribution in [0.1, 0.15) is 11.1 Å². The third-order valence-corrected chi connectivity index (χ3v) is 3.35. The van der Waals surface area contributed by atoms with Crippen molar-refractivity contribution in [2.24, 2.45) is 4.99 Å². The Hall–Kier alpha value is -1.76. The van der Waals surface area contributed by atoms with Crippen molar-refractivity contribution in [2.75, 3.05) is 28.2 Å². The first kappa shape index (κ1) is 20.3. The number of hydrogen-bond acceptors (Lipinski definition) is 2. The van der Waals surface area contributed by atoms with Crippen LogP contribution in [0.4, 0.5) is 0 Å². The molecule has 0 unspecified atom stereocenters. The Bertz CT molecular complexity index is 632. The SMILES string of the molecule is CN(C)C(=NCc1cccc(OCc2ccccc2)c1)N(C)C.I. The van der Waals surface area contributed by atoms with Crippen LogP contribution in [-0.2, 0) is 13.2 Å². The first-order valence-corrected chi connectivity index (χ1v) is 7.71. The van der Waals surface area contributed by atoms with Gasteiger partial charge in [0.25, 0.3) is 0 Å². The molecule has 0 aliphatic heterocycles. The standard InChI is InChI=1S/C19H25N3O.HI/c1-21(2)19(22(3)4)20-14-17-11-8-12-18(13-17)23-15-16-9-6-5-7-10-16;/h5-13H,14-15H2,1-4H3;1H. The van der Waals surface area contributed by atoms with Crippen molar-refractivity contribution in [3.63, 3.8) is 0 Å². The van der Waals surface area contributed by atoms with E-state index in [1.165, 1.54) is 5.56 Å². The van der Waals surface area contributed by atoms with Gasteiger partial charge in [-0.05, 0) is 23.3 Å². The molecule has 0 bridgehead atoms. The van der Waals surface area contributed by atoms with Crippen LogP contribution >= 0.6 is 24.0 Å². The van der Waals surface area contributed by atoms with Gasteiger partial charge >= 0.3 is 0 Å². The summed E-state index contributed by atoms with van der Waals surface area (Å²) < 4.78 is 5.87. The number of aliphatic imine (C=N–C) groups is 1. The maximum Gasteiger partial charge on any atom is 0.195 e. The van der Waals surface area contributed by atoms with Gasteiger partial charge < -0.3 is 14.5 Å². The number of ether oxygens (including phenoxy) is 1. The smallest absolute Gasteiger partial charge is 0.195 e. The maximum absolute atomic E-state index is 5.87. The lowest BCUT2D eigenvalue weighted by Crippen LogP contribution is -2.35. The Morgan fingerprint density at radius 2 is 1.50 bits per heavy atom. The number of halogens is 1. The van der Waals surface area contributed by atoms with Gasteiger partial charge in [-0.3, -0.25) is 0 Å². The van der Waals surface area contributed by atoms with E-state index in [0.717, 1.165) is 17.3 Å². The minimum atomic E-state index is 0. The predicted octanol–water partition coefficient (Wildman–Crippen LogP) is 3.86. The zero-order valence-electron chi connectivity index (χ0n) is 14.8. The van der Waals surface area contributed by atoms with Crippen LogP contribution < -0.4 is 4.74 Å². The molecule has 0 fully saturated rings. The average Bonchev–Trinajstić information content (AvgIpc) is 2.54. The van der Waals surface area contributed by atoms with E-state index >= 15 is 0 Å². The molecular formula is C19H26IN3O. The number of rotatable bonds is 5. The molecule has 2 aromatic carbocycles. The number of hydrogen-bond donors (Lipinski definition) is 0. The molecule has 0 radical (unpaired) electrons. The summed E-state index contributed by atoms with van der Waals surface area (Å²) in [6.07, 6.45) is 0. The van der Waals surface area contributed by atoms with Crippen molar-refractivity contribution < 1.29 is 4.74 Å². The lowest BCUT2D eigenvalue weighted by atomic mass is 10.2. The predicted molar refractivity (Wildman–Crippen MR) is 111 cm³/mol. The third kappa shape index (κ3) is 6.39. The normalized spacial score (nSPS) is 9.67. The van der Waals surface area contributed by atoms with E-state index in [2.05, 4.69) is 29.3 Å². The second-order valence-electron chi connectivity index (χ2n) is 5.83. The van der Waals surface area contributed by atoms with Gasteiger partial charge in [0.1, 0.15) is 12.4 Å². The average molecular weight is 439 g/mol. The van der Waals surface area contributed by atoms with Crippen molar-refractivity contribution in [3.05, 3.63) is 65.7 Å². The van der Waals surface area contributed by atoms with Crippen LogP contribution in [-0.4, -0.2) is 44.0 Å². The molecule has 0 saturated heterocycles. The highest BCUT2D eigenvalue weighted by Gasteiger charge is 2.04. The quantitative estimate of drug-likeness (QED) is 0.403. The molecule has 0 saturated carbocycles. The van der Waals surface area contributed by atoms with Gasteiger partial charge in [0.05, 0.1) is 6.54 Å². The Morgan fingerprint density at radius 1 is 0.875 bits per heavy atom. The number of benzene rings is 2. The number of guanidine groups is 1. The molecule has 0 spiro atoms. The molecule has 0 heterocycles. The first-order chi connectivity index (χ1) is 11.1. The monoisotopic (exact) mass is 439 g/mol. The molecule has 0 amide bonds. The summed E-state index contributed by atoms with van der Waals surface area (Å²) in [7, 11) is 7.99. The summed E-state index contributed by atoms with van der Waals surface area (Å²) in [5.41, 5.74) is 2.30. The van der Waals surface area contributed by atoms with Crippen LogP contribution in [0, 0.1) is 0 Å². The molecule has 5 heteroatoms. The summed E-state index contributed by atoms with van der Waals surface area (Å²) in [4.78, 5) is 8.68. The third-order valence-electron chi connectivity index (χ3n) is 3.35. The molecule has 0 aliphatic carbocycles. The summed E-state index contributed by atoms with van der Waals surface area (Å²) in [6.45, 7) is 1.21. The zero-order chi connectivity index (χ0) is 16.7. The molecule has 0 N–H and O–H groups in total. The topological polar surface area (TPSA) is 28.1 Å². The van der Waals surface area contributed by atoms with E-state index in [1.807, 2.05) is 68.3 Å². The summed E-state index contributed by atoms with van der Waals surface area (Å²) in [5, 5.41) is 0. The molecule has 4 nitrogen and oxygen atoms in total. The van der Waals surface area contributed by atoms with E-state index in [1.54, 1.807) is 0 Å². The highest BCUT2D eigenvalue weighted by Crippen LogP contribution is 2.16. The molecule has 130 valence electrons. The van der Waals surface area contributed by atoms with Crippen molar-refractivity contribution >= 4 is 29.9 Å². The highest BCUT2D eigenvalue weighted by atomic mass is 127.